The van der Waals surface area contributed by atoms with Crippen molar-refractivity contribution in [2.45, 2.75) is 25.7 Å². The quantitative estimate of drug-likeness (QED) is 0.700. The number of nitrogens with zero attached hydrogens (tertiary/aromatic N) is 3. The molecule has 1 aromatic carbocycles. The van der Waals surface area contributed by atoms with E-state index in [0.717, 1.165) is 5.56 Å². The summed E-state index contributed by atoms with van der Waals surface area (Å²) in [6.07, 6.45) is 0.656. The number of benzene rings is 1. The molecule has 0 saturated carbocycles. The maximum Gasteiger partial charge on any atom is 0.263 e. The first-order valence-corrected chi connectivity index (χ1v) is 10.8. The van der Waals surface area contributed by atoms with Gasteiger partial charge in [0.2, 0.25) is 10.0 Å². The van der Waals surface area contributed by atoms with Crippen molar-refractivity contribution in [3.05, 3.63) is 46.8 Å². The summed E-state index contributed by atoms with van der Waals surface area (Å²) < 4.78 is 36.8. The number of hydrogen-bond acceptors (Lipinski definition) is 6. The van der Waals surface area contributed by atoms with Crippen LogP contribution in [-0.2, 0) is 20.6 Å². The summed E-state index contributed by atoms with van der Waals surface area (Å²) in [5, 5.41) is 4.25. The van der Waals surface area contributed by atoms with E-state index < -0.39 is 16.1 Å². The van der Waals surface area contributed by atoms with E-state index in [2.05, 4.69) is 9.68 Å². The van der Waals surface area contributed by atoms with Crippen molar-refractivity contribution in [1.82, 2.24) is 14.4 Å². The zero-order valence-electron chi connectivity index (χ0n) is 15.7. The van der Waals surface area contributed by atoms with Gasteiger partial charge in [0.1, 0.15) is 17.8 Å². The van der Waals surface area contributed by atoms with Gasteiger partial charge in [-0.1, -0.05) is 16.8 Å². The third kappa shape index (κ3) is 4.84. The molecule has 1 aliphatic rings. The minimum absolute atomic E-state index is 0.178. The van der Waals surface area contributed by atoms with Crippen LogP contribution in [0.3, 0.4) is 0 Å². The summed E-state index contributed by atoms with van der Waals surface area (Å²) in [7, 11) is -3.50. The summed E-state index contributed by atoms with van der Waals surface area (Å²) >= 11 is 5.94. The molecule has 0 aliphatic carbocycles. The normalized spacial score (nSPS) is 16.8. The van der Waals surface area contributed by atoms with Crippen LogP contribution in [0.1, 0.15) is 18.2 Å². The first kappa shape index (κ1) is 20.6. The van der Waals surface area contributed by atoms with Gasteiger partial charge in [0.15, 0.2) is 6.10 Å². The van der Waals surface area contributed by atoms with E-state index in [1.807, 2.05) is 6.92 Å². The van der Waals surface area contributed by atoms with E-state index >= 15 is 0 Å². The summed E-state index contributed by atoms with van der Waals surface area (Å²) in [4.78, 5) is 14.3. The van der Waals surface area contributed by atoms with Crippen molar-refractivity contribution >= 4 is 27.5 Å². The SMILES string of the molecule is Cc1cc(Cl)ccc1O[C@H](C)C(=O)N1CCN(S(=O)(=O)Cc2ccon2)CC1. The molecule has 0 N–H and O–H groups in total. The average Bonchev–Trinajstić information content (AvgIpc) is 3.15. The number of aryl methyl sites for hydroxylation is 1. The number of aromatic nitrogens is 1. The van der Waals surface area contributed by atoms with E-state index in [1.54, 1.807) is 30.0 Å². The fourth-order valence-electron chi connectivity index (χ4n) is 3.02. The average molecular weight is 428 g/mol. The third-order valence-electron chi connectivity index (χ3n) is 4.55. The van der Waals surface area contributed by atoms with E-state index in [9.17, 15) is 13.2 Å². The molecule has 0 unspecified atom stereocenters. The Balaban J connectivity index is 1.55. The Kier molecular flexibility index (Phi) is 6.26. The van der Waals surface area contributed by atoms with Gasteiger partial charge in [-0.2, -0.15) is 4.31 Å². The number of carbonyl (C=O) groups excluding carboxylic acids is 1. The second-order valence-electron chi connectivity index (χ2n) is 6.64. The first-order chi connectivity index (χ1) is 13.3. The molecule has 152 valence electrons. The standard InChI is InChI=1S/C18H22ClN3O5S/c1-13-11-15(19)3-4-17(13)27-14(2)18(23)21-6-8-22(9-7-21)28(24,25)12-16-5-10-26-20-16/h3-5,10-11,14H,6-9,12H2,1-2H3/t14-/m1/s1. The zero-order valence-corrected chi connectivity index (χ0v) is 17.2. The lowest BCUT2D eigenvalue weighted by atomic mass is 10.2. The van der Waals surface area contributed by atoms with E-state index in [0.29, 0.717) is 29.6 Å². The highest BCUT2D eigenvalue weighted by Crippen LogP contribution is 2.23. The lowest BCUT2D eigenvalue weighted by Crippen LogP contribution is -2.53. The van der Waals surface area contributed by atoms with Gasteiger partial charge >= 0.3 is 0 Å². The van der Waals surface area contributed by atoms with Crippen molar-refractivity contribution in [3.63, 3.8) is 0 Å². The fraction of sp³-hybridized carbons (Fsp3) is 0.444. The van der Waals surface area contributed by atoms with Crippen molar-refractivity contribution in [1.29, 1.82) is 0 Å². The summed E-state index contributed by atoms with van der Waals surface area (Å²) in [5.74, 6) is 0.203. The maximum absolute atomic E-state index is 12.7. The van der Waals surface area contributed by atoms with Crippen LogP contribution < -0.4 is 4.74 Å². The molecule has 2 heterocycles. The topological polar surface area (TPSA) is 93.0 Å². The van der Waals surface area contributed by atoms with Gasteiger partial charge in [0.25, 0.3) is 5.91 Å². The summed E-state index contributed by atoms with van der Waals surface area (Å²) in [6, 6.07) is 6.73. The molecule has 2 aromatic rings. The first-order valence-electron chi connectivity index (χ1n) is 8.85. The molecule has 1 amide bonds. The van der Waals surface area contributed by atoms with Gasteiger partial charge in [-0.25, -0.2) is 8.42 Å². The molecule has 0 spiro atoms. The molecule has 0 radical (unpaired) electrons. The minimum Gasteiger partial charge on any atom is -0.481 e. The molecule has 1 aliphatic heterocycles. The molecule has 28 heavy (non-hydrogen) atoms. The molecule has 1 aromatic heterocycles. The Hall–Kier alpha value is -2.10. The Bertz CT molecular complexity index is 925. The Morgan fingerprint density at radius 3 is 2.61 bits per heavy atom. The number of carbonyl (C=O) groups is 1. The second kappa shape index (κ2) is 8.50. The Labute approximate surface area is 169 Å². The van der Waals surface area contributed by atoms with Gasteiger partial charge < -0.3 is 14.2 Å². The molecule has 0 bridgehead atoms. The highest BCUT2D eigenvalue weighted by molar-refractivity contribution is 7.88. The minimum atomic E-state index is -3.50. The monoisotopic (exact) mass is 427 g/mol. The van der Waals surface area contributed by atoms with Gasteiger partial charge in [-0.05, 0) is 37.6 Å². The fourth-order valence-corrected chi connectivity index (χ4v) is 4.67. The number of amides is 1. The van der Waals surface area contributed by atoms with Gasteiger partial charge in [0, 0.05) is 37.3 Å². The number of hydrogen-bond donors (Lipinski definition) is 0. The van der Waals surface area contributed by atoms with Gasteiger partial charge in [-0.3, -0.25) is 4.79 Å². The Morgan fingerprint density at radius 2 is 2.00 bits per heavy atom. The van der Waals surface area contributed by atoms with Crippen LogP contribution in [0.2, 0.25) is 5.02 Å². The molecular weight excluding hydrogens is 406 g/mol. The van der Waals surface area contributed by atoms with Crippen LogP contribution >= 0.6 is 11.6 Å². The Morgan fingerprint density at radius 1 is 1.29 bits per heavy atom. The van der Waals surface area contributed by atoms with Crippen LogP contribution in [0.25, 0.3) is 0 Å². The molecule has 10 heteroatoms. The van der Waals surface area contributed by atoms with E-state index in [1.165, 1.54) is 16.6 Å². The number of sulfonamides is 1. The highest BCUT2D eigenvalue weighted by Gasteiger charge is 2.31. The number of piperazine rings is 1. The molecule has 8 nitrogen and oxygen atoms in total. The second-order valence-corrected chi connectivity index (χ2v) is 9.05. The smallest absolute Gasteiger partial charge is 0.263 e. The van der Waals surface area contributed by atoms with Gasteiger partial charge in [-0.15, -0.1) is 0 Å². The van der Waals surface area contributed by atoms with Crippen LogP contribution in [0.15, 0.2) is 35.1 Å². The maximum atomic E-state index is 12.7. The highest BCUT2D eigenvalue weighted by atomic mass is 35.5. The summed E-state index contributed by atoms with van der Waals surface area (Å²) in [6.45, 7) is 4.63. The van der Waals surface area contributed by atoms with Crippen LogP contribution in [0, 0.1) is 6.92 Å². The lowest BCUT2D eigenvalue weighted by Gasteiger charge is -2.35. The van der Waals surface area contributed by atoms with Crippen molar-refractivity contribution in [2.75, 3.05) is 26.2 Å². The molecule has 3 rings (SSSR count). The van der Waals surface area contributed by atoms with Crippen LogP contribution in [0.5, 0.6) is 5.75 Å². The van der Waals surface area contributed by atoms with Crippen molar-refractivity contribution in [3.8, 4) is 5.75 Å². The van der Waals surface area contributed by atoms with Crippen LogP contribution in [0.4, 0.5) is 0 Å². The van der Waals surface area contributed by atoms with Crippen molar-refractivity contribution in [2.24, 2.45) is 0 Å². The van der Waals surface area contributed by atoms with E-state index in [4.69, 9.17) is 16.3 Å². The van der Waals surface area contributed by atoms with Crippen LogP contribution in [-0.4, -0.2) is 61.0 Å². The largest absolute Gasteiger partial charge is 0.481 e. The predicted octanol–water partition coefficient (Wildman–Crippen LogP) is 2.08. The van der Waals surface area contributed by atoms with E-state index in [-0.39, 0.29) is 24.7 Å². The number of rotatable bonds is 6. The third-order valence-corrected chi connectivity index (χ3v) is 6.60. The number of halogens is 1. The zero-order chi connectivity index (χ0) is 20.3. The molecule has 1 saturated heterocycles. The predicted molar refractivity (Wildman–Crippen MR) is 104 cm³/mol. The summed E-state index contributed by atoms with van der Waals surface area (Å²) in [5.41, 5.74) is 1.20. The molecule has 1 atom stereocenters. The van der Waals surface area contributed by atoms with Crippen molar-refractivity contribution < 1.29 is 22.5 Å². The molecular formula is C18H22ClN3O5S. The number of ether oxygens (including phenoxy) is 1. The lowest BCUT2D eigenvalue weighted by molar-refractivity contribution is -0.139. The molecule has 1 fully saturated rings. The van der Waals surface area contributed by atoms with Gasteiger partial charge in [0.05, 0.1) is 5.69 Å².